The molecule has 0 spiro atoms. The molecule has 0 bridgehead atoms. The van der Waals surface area contributed by atoms with Crippen LogP contribution in [-0.4, -0.2) is 25.4 Å². The van der Waals surface area contributed by atoms with Gasteiger partial charge in [-0.05, 0) is 39.2 Å². The van der Waals surface area contributed by atoms with Crippen molar-refractivity contribution in [3.05, 3.63) is 29.8 Å². The van der Waals surface area contributed by atoms with Crippen molar-refractivity contribution in [1.82, 2.24) is 5.32 Å². The summed E-state index contributed by atoms with van der Waals surface area (Å²) < 4.78 is 11.7. The highest BCUT2D eigenvalue weighted by Gasteiger charge is 2.18. The van der Waals surface area contributed by atoms with Gasteiger partial charge in [0.2, 0.25) is 0 Å². The number of ether oxygens (including phenoxy) is 2. The molecule has 1 aliphatic heterocycles. The molecular weight excluding hydrogens is 250 g/mol. The van der Waals surface area contributed by atoms with Crippen molar-refractivity contribution in [3.63, 3.8) is 0 Å². The van der Waals surface area contributed by atoms with Gasteiger partial charge in [0.1, 0.15) is 5.75 Å². The Hall–Kier alpha value is -1.06. The second-order valence-corrected chi connectivity index (χ2v) is 5.64. The Morgan fingerprint density at radius 2 is 2.15 bits per heavy atom. The minimum Gasteiger partial charge on any atom is -0.490 e. The van der Waals surface area contributed by atoms with E-state index in [1.54, 1.807) is 0 Å². The number of para-hydroxylation sites is 1. The standard InChI is InChI=1S/C17H27NO2/c1-4-13(2)20-17-10-6-5-9-16(17)14(3)18-12-15-8-7-11-19-15/h5-6,9-10,13-15,18H,4,7-8,11-12H2,1-3H3/t13-,14-,15+/m1/s1. The molecule has 3 heteroatoms. The van der Waals surface area contributed by atoms with Gasteiger partial charge in [0.15, 0.2) is 0 Å². The van der Waals surface area contributed by atoms with E-state index in [0.717, 1.165) is 25.3 Å². The molecule has 0 aromatic heterocycles. The first-order chi connectivity index (χ1) is 9.70. The third-order valence-corrected chi connectivity index (χ3v) is 3.96. The van der Waals surface area contributed by atoms with Gasteiger partial charge in [0.05, 0.1) is 12.2 Å². The van der Waals surface area contributed by atoms with Crippen LogP contribution in [0.4, 0.5) is 0 Å². The summed E-state index contributed by atoms with van der Waals surface area (Å²) in [6, 6.07) is 8.59. The summed E-state index contributed by atoms with van der Waals surface area (Å²) in [6.45, 7) is 8.27. The van der Waals surface area contributed by atoms with Gasteiger partial charge in [-0.15, -0.1) is 0 Å². The van der Waals surface area contributed by atoms with Crippen molar-refractivity contribution in [3.8, 4) is 5.75 Å². The predicted molar refractivity (Wildman–Crippen MR) is 82.2 cm³/mol. The molecule has 0 saturated carbocycles. The molecule has 1 saturated heterocycles. The van der Waals surface area contributed by atoms with Crippen LogP contribution in [0.3, 0.4) is 0 Å². The summed E-state index contributed by atoms with van der Waals surface area (Å²) in [4.78, 5) is 0. The second kappa shape index (κ2) is 7.65. The Morgan fingerprint density at radius 1 is 1.35 bits per heavy atom. The van der Waals surface area contributed by atoms with Crippen molar-refractivity contribution in [1.29, 1.82) is 0 Å². The van der Waals surface area contributed by atoms with Gasteiger partial charge in [-0.25, -0.2) is 0 Å². The van der Waals surface area contributed by atoms with Crippen LogP contribution in [0.25, 0.3) is 0 Å². The van der Waals surface area contributed by atoms with Gasteiger partial charge in [0, 0.05) is 24.8 Å². The third-order valence-electron chi connectivity index (χ3n) is 3.96. The molecule has 0 aliphatic carbocycles. The average molecular weight is 277 g/mol. The minimum atomic E-state index is 0.251. The van der Waals surface area contributed by atoms with E-state index in [4.69, 9.17) is 9.47 Å². The van der Waals surface area contributed by atoms with E-state index in [-0.39, 0.29) is 12.1 Å². The van der Waals surface area contributed by atoms with Gasteiger partial charge in [0.25, 0.3) is 0 Å². The van der Waals surface area contributed by atoms with E-state index >= 15 is 0 Å². The fraction of sp³-hybridized carbons (Fsp3) is 0.647. The zero-order chi connectivity index (χ0) is 14.4. The number of hydrogen-bond donors (Lipinski definition) is 1. The smallest absolute Gasteiger partial charge is 0.124 e. The molecule has 0 radical (unpaired) electrons. The third kappa shape index (κ3) is 4.22. The molecule has 1 aliphatic rings. The van der Waals surface area contributed by atoms with Crippen LogP contribution in [0.5, 0.6) is 5.75 Å². The summed E-state index contributed by atoms with van der Waals surface area (Å²) in [5, 5.41) is 3.57. The quantitative estimate of drug-likeness (QED) is 0.824. The van der Waals surface area contributed by atoms with Gasteiger partial charge < -0.3 is 14.8 Å². The summed E-state index contributed by atoms with van der Waals surface area (Å²) in [7, 11) is 0. The summed E-state index contributed by atoms with van der Waals surface area (Å²) in [5.41, 5.74) is 1.23. The van der Waals surface area contributed by atoms with Crippen LogP contribution in [0.15, 0.2) is 24.3 Å². The maximum Gasteiger partial charge on any atom is 0.124 e. The molecule has 0 unspecified atom stereocenters. The Morgan fingerprint density at radius 3 is 2.85 bits per heavy atom. The second-order valence-electron chi connectivity index (χ2n) is 5.64. The topological polar surface area (TPSA) is 30.5 Å². The van der Waals surface area contributed by atoms with Gasteiger partial charge in [-0.1, -0.05) is 25.1 Å². The molecule has 1 fully saturated rings. The van der Waals surface area contributed by atoms with Crippen molar-refractivity contribution in [2.45, 2.75) is 58.3 Å². The summed E-state index contributed by atoms with van der Waals surface area (Å²) >= 11 is 0. The van der Waals surface area contributed by atoms with Crippen LogP contribution in [0.1, 0.15) is 51.6 Å². The lowest BCUT2D eigenvalue weighted by Gasteiger charge is -2.22. The van der Waals surface area contributed by atoms with E-state index in [1.165, 1.54) is 18.4 Å². The lowest BCUT2D eigenvalue weighted by Crippen LogP contribution is -2.29. The predicted octanol–water partition coefficient (Wildman–Crippen LogP) is 3.69. The molecular formula is C17H27NO2. The average Bonchev–Trinajstić information content (AvgIpc) is 2.98. The first kappa shape index (κ1) is 15.3. The largest absolute Gasteiger partial charge is 0.490 e. The molecule has 0 amide bonds. The molecule has 3 nitrogen and oxygen atoms in total. The molecule has 3 atom stereocenters. The van der Waals surface area contributed by atoms with E-state index in [9.17, 15) is 0 Å². The maximum atomic E-state index is 6.02. The molecule has 112 valence electrons. The molecule has 1 aromatic rings. The van der Waals surface area contributed by atoms with Crippen LogP contribution in [0.2, 0.25) is 0 Å². The Kier molecular flexibility index (Phi) is 5.86. The summed E-state index contributed by atoms with van der Waals surface area (Å²) in [5.74, 6) is 0.995. The van der Waals surface area contributed by atoms with E-state index < -0.39 is 0 Å². The maximum absolute atomic E-state index is 6.02. The monoisotopic (exact) mass is 277 g/mol. The van der Waals surface area contributed by atoms with E-state index in [2.05, 4.69) is 44.3 Å². The Balaban J connectivity index is 1.95. The van der Waals surface area contributed by atoms with Crippen molar-refractivity contribution >= 4 is 0 Å². The van der Waals surface area contributed by atoms with Gasteiger partial charge >= 0.3 is 0 Å². The van der Waals surface area contributed by atoms with Crippen molar-refractivity contribution in [2.75, 3.05) is 13.2 Å². The number of rotatable bonds is 7. The first-order valence-electron chi connectivity index (χ1n) is 7.81. The summed E-state index contributed by atoms with van der Waals surface area (Å²) in [6.07, 6.45) is 4.01. The van der Waals surface area contributed by atoms with E-state index in [1.807, 2.05) is 6.07 Å². The van der Waals surface area contributed by atoms with Crippen LogP contribution in [0, 0.1) is 0 Å². The van der Waals surface area contributed by atoms with Gasteiger partial charge in [-0.3, -0.25) is 0 Å². The fourth-order valence-corrected chi connectivity index (χ4v) is 2.47. The zero-order valence-electron chi connectivity index (χ0n) is 12.9. The zero-order valence-corrected chi connectivity index (χ0v) is 12.9. The Labute approximate surface area is 122 Å². The molecule has 1 heterocycles. The highest BCUT2D eigenvalue weighted by Crippen LogP contribution is 2.26. The SMILES string of the molecule is CC[C@@H](C)Oc1ccccc1[C@@H](C)NC[C@@H]1CCCO1. The number of benzene rings is 1. The van der Waals surface area contributed by atoms with Crippen molar-refractivity contribution in [2.24, 2.45) is 0 Å². The Bertz CT molecular complexity index is 402. The number of nitrogens with one attached hydrogen (secondary N) is 1. The minimum absolute atomic E-state index is 0.251. The van der Waals surface area contributed by atoms with Crippen molar-refractivity contribution < 1.29 is 9.47 Å². The van der Waals surface area contributed by atoms with Crippen LogP contribution < -0.4 is 10.1 Å². The highest BCUT2D eigenvalue weighted by molar-refractivity contribution is 5.35. The van der Waals surface area contributed by atoms with Gasteiger partial charge in [-0.2, -0.15) is 0 Å². The highest BCUT2D eigenvalue weighted by atomic mass is 16.5. The first-order valence-corrected chi connectivity index (χ1v) is 7.81. The molecule has 1 aromatic carbocycles. The van der Waals surface area contributed by atoms with Crippen LogP contribution in [-0.2, 0) is 4.74 Å². The number of hydrogen-bond acceptors (Lipinski definition) is 3. The fourth-order valence-electron chi connectivity index (χ4n) is 2.47. The molecule has 2 rings (SSSR count). The van der Waals surface area contributed by atoms with Crippen LogP contribution >= 0.6 is 0 Å². The molecule has 1 N–H and O–H groups in total. The lowest BCUT2D eigenvalue weighted by molar-refractivity contribution is 0.108. The lowest BCUT2D eigenvalue weighted by atomic mass is 10.1. The molecule has 20 heavy (non-hydrogen) atoms. The normalized spacial score (nSPS) is 21.6. The van der Waals surface area contributed by atoms with E-state index in [0.29, 0.717) is 6.10 Å².